The molecule has 1 atom stereocenters. The highest BCUT2D eigenvalue weighted by molar-refractivity contribution is 6.31. The van der Waals surface area contributed by atoms with E-state index in [1.165, 1.54) is 0 Å². The van der Waals surface area contributed by atoms with E-state index in [4.69, 9.17) is 28.9 Å². The summed E-state index contributed by atoms with van der Waals surface area (Å²) in [5.74, 6) is 0. The molecule has 1 unspecified atom stereocenters. The third kappa shape index (κ3) is 2.69. The Balaban J connectivity index is 2.24. The van der Waals surface area contributed by atoms with Crippen LogP contribution in [0.5, 0.6) is 0 Å². The number of halogens is 2. The number of nitrogens with two attached hydrogens (primary N) is 1. The molecule has 2 rings (SSSR count). The zero-order valence-corrected chi connectivity index (χ0v) is 11.6. The fourth-order valence-corrected chi connectivity index (χ4v) is 2.48. The lowest BCUT2D eigenvalue weighted by atomic mass is 10.0. The largest absolute Gasteiger partial charge is 0.322 e. The van der Waals surface area contributed by atoms with Crippen LogP contribution in [0.1, 0.15) is 24.2 Å². The zero-order chi connectivity index (χ0) is 13.1. The molecule has 96 valence electrons. The minimum absolute atomic E-state index is 0.208. The van der Waals surface area contributed by atoms with E-state index in [2.05, 4.69) is 5.10 Å². The number of hydrogen-bond donors (Lipinski definition) is 1. The first-order chi connectivity index (χ1) is 8.63. The topological polar surface area (TPSA) is 43.8 Å². The lowest BCUT2D eigenvalue weighted by Crippen LogP contribution is -2.18. The van der Waals surface area contributed by atoms with Crippen molar-refractivity contribution in [3.63, 3.8) is 0 Å². The van der Waals surface area contributed by atoms with Gasteiger partial charge in [-0.05, 0) is 25.0 Å². The van der Waals surface area contributed by atoms with Crippen LogP contribution in [0.4, 0.5) is 0 Å². The van der Waals surface area contributed by atoms with E-state index in [9.17, 15) is 0 Å². The summed E-state index contributed by atoms with van der Waals surface area (Å²) in [6.45, 7) is 2.76. The van der Waals surface area contributed by atoms with Crippen molar-refractivity contribution >= 4 is 23.2 Å². The second-order valence-corrected chi connectivity index (χ2v) is 4.91. The van der Waals surface area contributed by atoms with Crippen LogP contribution in [0.15, 0.2) is 30.5 Å². The van der Waals surface area contributed by atoms with Crippen LogP contribution in [0.25, 0.3) is 0 Å². The van der Waals surface area contributed by atoms with Gasteiger partial charge in [0, 0.05) is 11.6 Å². The molecule has 0 aliphatic heterocycles. The van der Waals surface area contributed by atoms with Crippen molar-refractivity contribution in [2.24, 2.45) is 5.73 Å². The predicted molar refractivity (Wildman–Crippen MR) is 75.0 cm³/mol. The molecule has 0 radical (unpaired) electrons. The molecule has 0 saturated heterocycles. The van der Waals surface area contributed by atoms with Crippen molar-refractivity contribution in [3.8, 4) is 0 Å². The van der Waals surface area contributed by atoms with E-state index in [1.54, 1.807) is 6.20 Å². The molecule has 18 heavy (non-hydrogen) atoms. The van der Waals surface area contributed by atoms with Gasteiger partial charge in [0.25, 0.3) is 0 Å². The van der Waals surface area contributed by atoms with Crippen molar-refractivity contribution in [1.29, 1.82) is 0 Å². The highest BCUT2D eigenvalue weighted by Crippen LogP contribution is 2.26. The van der Waals surface area contributed by atoms with Crippen LogP contribution in [0.2, 0.25) is 10.0 Å². The Morgan fingerprint density at radius 3 is 2.67 bits per heavy atom. The van der Waals surface area contributed by atoms with Crippen molar-refractivity contribution in [1.82, 2.24) is 9.78 Å². The Bertz CT molecular complexity index is 537. The van der Waals surface area contributed by atoms with E-state index in [0.29, 0.717) is 11.4 Å². The number of benzene rings is 1. The molecule has 3 nitrogen and oxygen atoms in total. The summed E-state index contributed by atoms with van der Waals surface area (Å²) in [5, 5.41) is 5.53. The maximum atomic E-state index is 6.21. The smallest absolute Gasteiger partial charge is 0.0834 e. The molecule has 1 heterocycles. The van der Waals surface area contributed by atoms with Gasteiger partial charge in [-0.1, -0.05) is 41.4 Å². The van der Waals surface area contributed by atoms with E-state index in [-0.39, 0.29) is 6.04 Å². The summed E-state index contributed by atoms with van der Waals surface area (Å²) in [6, 6.07) is 7.48. The second-order valence-electron chi connectivity index (χ2n) is 4.10. The molecule has 2 N–H and O–H groups in total. The molecule has 0 aliphatic carbocycles. The second kappa shape index (κ2) is 5.74. The molecule has 0 spiro atoms. The standard InChI is InChI=1S/C13H15Cl2N3/c1-2-18-13(11(15)8-17-18)12(16)7-9-5-3-4-6-10(9)14/h3-6,8,12H,2,7,16H2,1H3. The van der Waals surface area contributed by atoms with Crippen molar-refractivity contribution < 1.29 is 0 Å². The Kier molecular flexibility index (Phi) is 4.27. The first-order valence-corrected chi connectivity index (χ1v) is 6.59. The number of rotatable bonds is 4. The number of aryl methyl sites for hydroxylation is 1. The number of hydrogen-bond acceptors (Lipinski definition) is 2. The van der Waals surface area contributed by atoms with Gasteiger partial charge in [-0.25, -0.2) is 0 Å². The van der Waals surface area contributed by atoms with Gasteiger partial charge in [-0.15, -0.1) is 0 Å². The quantitative estimate of drug-likeness (QED) is 0.934. The van der Waals surface area contributed by atoms with Crippen molar-refractivity contribution in [3.05, 3.63) is 51.8 Å². The number of aromatic nitrogens is 2. The molecular formula is C13H15Cl2N3. The molecular weight excluding hydrogens is 269 g/mol. The fraction of sp³-hybridized carbons (Fsp3) is 0.308. The van der Waals surface area contributed by atoms with Crippen molar-refractivity contribution in [2.45, 2.75) is 25.9 Å². The molecule has 1 aromatic heterocycles. The minimum atomic E-state index is -0.208. The minimum Gasteiger partial charge on any atom is -0.322 e. The summed E-state index contributed by atoms with van der Waals surface area (Å²) >= 11 is 12.3. The van der Waals surface area contributed by atoms with Crippen LogP contribution in [0.3, 0.4) is 0 Å². The van der Waals surface area contributed by atoms with Gasteiger partial charge in [0.15, 0.2) is 0 Å². The lowest BCUT2D eigenvalue weighted by Gasteiger charge is -2.15. The van der Waals surface area contributed by atoms with Crippen LogP contribution in [-0.2, 0) is 13.0 Å². The first-order valence-electron chi connectivity index (χ1n) is 5.83. The Morgan fingerprint density at radius 1 is 1.28 bits per heavy atom. The average Bonchev–Trinajstić information content (AvgIpc) is 2.73. The van der Waals surface area contributed by atoms with Gasteiger partial charge in [0.05, 0.1) is 23.0 Å². The molecule has 0 amide bonds. The van der Waals surface area contributed by atoms with Gasteiger partial charge in [-0.2, -0.15) is 5.10 Å². The van der Waals surface area contributed by atoms with Gasteiger partial charge in [0.1, 0.15) is 0 Å². The summed E-state index contributed by atoms with van der Waals surface area (Å²) in [5.41, 5.74) is 8.09. The molecule has 0 fully saturated rings. The van der Waals surface area contributed by atoms with E-state index < -0.39 is 0 Å². The maximum Gasteiger partial charge on any atom is 0.0834 e. The van der Waals surface area contributed by atoms with E-state index >= 15 is 0 Å². The summed E-state index contributed by atoms with van der Waals surface area (Å²) in [4.78, 5) is 0. The van der Waals surface area contributed by atoms with E-state index in [1.807, 2.05) is 35.9 Å². The van der Waals surface area contributed by atoms with Crippen LogP contribution >= 0.6 is 23.2 Å². The molecule has 0 bridgehead atoms. The summed E-state index contributed by atoms with van der Waals surface area (Å²) in [6.07, 6.45) is 2.28. The normalized spacial score (nSPS) is 12.7. The monoisotopic (exact) mass is 283 g/mol. The molecule has 5 heteroatoms. The predicted octanol–water partition coefficient (Wildman–Crippen LogP) is 3.45. The Hall–Kier alpha value is -1.03. The molecule has 1 aromatic carbocycles. The van der Waals surface area contributed by atoms with Crippen LogP contribution in [-0.4, -0.2) is 9.78 Å². The highest BCUT2D eigenvalue weighted by atomic mass is 35.5. The number of nitrogens with zero attached hydrogens (tertiary/aromatic N) is 2. The Morgan fingerprint density at radius 2 is 2.00 bits per heavy atom. The maximum absolute atomic E-state index is 6.21. The van der Waals surface area contributed by atoms with Crippen LogP contribution in [0, 0.1) is 0 Å². The van der Waals surface area contributed by atoms with Crippen LogP contribution < -0.4 is 5.73 Å². The third-order valence-electron chi connectivity index (χ3n) is 2.88. The third-order valence-corrected chi connectivity index (χ3v) is 3.54. The van der Waals surface area contributed by atoms with Gasteiger partial charge in [0.2, 0.25) is 0 Å². The molecule has 2 aromatic rings. The summed E-state index contributed by atoms with van der Waals surface area (Å²) in [7, 11) is 0. The van der Waals surface area contributed by atoms with Crippen molar-refractivity contribution in [2.75, 3.05) is 0 Å². The fourth-order valence-electron chi connectivity index (χ4n) is 1.99. The molecule has 0 saturated carbocycles. The van der Waals surface area contributed by atoms with Gasteiger partial charge in [-0.3, -0.25) is 4.68 Å². The van der Waals surface area contributed by atoms with Gasteiger partial charge < -0.3 is 5.73 Å². The Labute approximate surface area is 117 Å². The van der Waals surface area contributed by atoms with Gasteiger partial charge >= 0.3 is 0 Å². The van der Waals surface area contributed by atoms with E-state index in [0.717, 1.165) is 22.8 Å². The first kappa shape index (κ1) is 13.4. The molecule has 0 aliphatic rings. The SMILES string of the molecule is CCn1ncc(Cl)c1C(N)Cc1ccccc1Cl. The lowest BCUT2D eigenvalue weighted by molar-refractivity contribution is 0.569. The summed E-state index contributed by atoms with van der Waals surface area (Å²) < 4.78 is 1.82. The highest BCUT2D eigenvalue weighted by Gasteiger charge is 2.17. The zero-order valence-electron chi connectivity index (χ0n) is 10.1. The average molecular weight is 284 g/mol.